The summed E-state index contributed by atoms with van der Waals surface area (Å²) >= 11 is 0. The van der Waals surface area contributed by atoms with E-state index >= 15 is 0 Å². The average molecular weight is 316 g/mol. The topological polar surface area (TPSA) is 87.6 Å². The Morgan fingerprint density at radius 3 is 3.22 bits per heavy atom. The smallest absolute Gasteiger partial charge is 0.241 e. The zero-order valence-corrected chi connectivity index (χ0v) is 13.3. The Morgan fingerprint density at radius 2 is 2.43 bits per heavy atom. The average Bonchev–Trinajstić information content (AvgIpc) is 3.24. The molecule has 0 saturated carbocycles. The molecule has 0 radical (unpaired) electrons. The van der Waals surface area contributed by atoms with Crippen LogP contribution in [-0.2, 0) is 17.8 Å². The van der Waals surface area contributed by atoms with Crippen LogP contribution in [-0.4, -0.2) is 45.3 Å². The fourth-order valence-electron chi connectivity index (χ4n) is 2.91. The van der Waals surface area contributed by atoms with E-state index in [1.165, 1.54) is 12.8 Å². The van der Waals surface area contributed by atoms with Gasteiger partial charge in [0, 0.05) is 44.0 Å². The predicted molar refractivity (Wildman–Crippen MR) is 87.0 cm³/mol. The molecule has 0 bridgehead atoms. The SMILES string of the molecule is O=C(Cn1ccc([C@H]2CCCNC2)n1)NCCCc1ncc[nH]1. The Bertz CT molecular complexity index is 600. The van der Waals surface area contributed by atoms with E-state index < -0.39 is 0 Å². The largest absolute Gasteiger partial charge is 0.354 e. The van der Waals surface area contributed by atoms with Crippen LogP contribution >= 0.6 is 0 Å². The zero-order chi connectivity index (χ0) is 15.9. The van der Waals surface area contributed by atoms with E-state index in [4.69, 9.17) is 0 Å². The minimum absolute atomic E-state index is 0.000800. The highest BCUT2D eigenvalue weighted by molar-refractivity contribution is 5.75. The third kappa shape index (κ3) is 4.66. The second-order valence-electron chi connectivity index (χ2n) is 5.97. The molecule has 1 fully saturated rings. The third-order valence-corrected chi connectivity index (χ3v) is 4.15. The van der Waals surface area contributed by atoms with Crippen molar-refractivity contribution in [2.24, 2.45) is 0 Å². The maximum Gasteiger partial charge on any atom is 0.241 e. The summed E-state index contributed by atoms with van der Waals surface area (Å²) in [7, 11) is 0. The van der Waals surface area contributed by atoms with Crippen LogP contribution < -0.4 is 10.6 Å². The van der Waals surface area contributed by atoms with Gasteiger partial charge in [-0.25, -0.2) is 4.98 Å². The molecular weight excluding hydrogens is 292 g/mol. The first kappa shape index (κ1) is 15.7. The number of amides is 1. The van der Waals surface area contributed by atoms with Crippen LogP contribution in [0.3, 0.4) is 0 Å². The molecule has 1 saturated heterocycles. The van der Waals surface area contributed by atoms with Crippen LogP contribution in [0.1, 0.15) is 36.7 Å². The van der Waals surface area contributed by atoms with Crippen LogP contribution in [0, 0.1) is 0 Å². The van der Waals surface area contributed by atoms with E-state index in [0.29, 0.717) is 12.5 Å². The standard InChI is InChI=1S/C16H24N6O/c23-16(20-7-2-4-15-18-8-9-19-15)12-22-10-5-14(21-22)13-3-1-6-17-11-13/h5,8-10,13,17H,1-4,6-7,11-12H2,(H,18,19)(H,20,23)/t13-/m0/s1. The number of nitrogens with zero attached hydrogens (tertiary/aromatic N) is 3. The van der Waals surface area contributed by atoms with Crippen molar-refractivity contribution in [3.05, 3.63) is 36.2 Å². The lowest BCUT2D eigenvalue weighted by atomic mass is 9.97. The van der Waals surface area contributed by atoms with Gasteiger partial charge in [-0.1, -0.05) is 0 Å². The molecule has 1 aliphatic rings. The van der Waals surface area contributed by atoms with Gasteiger partial charge in [0.15, 0.2) is 0 Å². The molecule has 3 rings (SSSR count). The van der Waals surface area contributed by atoms with Gasteiger partial charge in [0.05, 0.1) is 5.69 Å². The van der Waals surface area contributed by atoms with Crippen LogP contribution in [0.2, 0.25) is 0 Å². The molecule has 0 spiro atoms. The quantitative estimate of drug-likeness (QED) is 0.660. The highest BCUT2D eigenvalue weighted by atomic mass is 16.2. The summed E-state index contributed by atoms with van der Waals surface area (Å²) in [6, 6.07) is 2.03. The third-order valence-electron chi connectivity index (χ3n) is 4.15. The van der Waals surface area contributed by atoms with Crippen LogP contribution in [0.15, 0.2) is 24.7 Å². The van der Waals surface area contributed by atoms with Crippen molar-refractivity contribution in [2.75, 3.05) is 19.6 Å². The van der Waals surface area contributed by atoms with Crippen molar-refractivity contribution in [3.8, 4) is 0 Å². The summed E-state index contributed by atoms with van der Waals surface area (Å²) < 4.78 is 1.73. The lowest BCUT2D eigenvalue weighted by molar-refractivity contribution is -0.121. The van der Waals surface area contributed by atoms with E-state index in [2.05, 4.69) is 25.7 Å². The van der Waals surface area contributed by atoms with E-state index in [1.807, 2.05) is 18.5 Å². The molecule has 3 N–H and O–H groups in total. The highest BCUT2D eigenvalue weighted by Gasteiger charge is 2.17. The molecule has 124 valence electrons. The van der Waals surface area contributed by atoms with Gasteiger partial charge in [-0.05, 0) is 31.9 Å². The monoisotopic (exact) mass is 316 g/mol. The van der Waals surface area contributed by atoms with Crippen molar-refractivity contribution < 1.29 is 4.79 Å². The van der Waals surface area contributed by atoms with Gasteiger partial charge in [0.2, 0.25) is 5.91 Å². The first-order valence-corrected chi connectivity index (χ1v) is 8.30. The maximum atomic E-state index is 12.0. The van der Waals surface area contributed by atoms with Gasteiger partial charge in [0.25, 0.3) is 0 Å². The van der Waals surface area contributed by atoms with Crippen molar-refractivity contribution in [3.63, 3.8) is 0 Å². The van der Waals surface area contributed by atoms with Gasteiger partial charge in [-0.3, -0.25) is 9.48 Å². The van der Waals surface area contributed by atoms with Gasteiger partial charge in [-0.2, -0.15) is 5.10 Å². The summed E-state index contributed by atoms with van der Waals surface area (Å²) in [5.41, 5.74) is 1.09. The Kier molecular flexibility index (Phi) is 5.42. The summed E-state index contributed by atoms with van der Waals surface area (Å²) in [6.45, 7) is 3.01. The van der Waals surface area contributed by atoms with Gasteiger partial charge >= 0.3 is 0 Å². The number of nitrogens with one attached hydrogen (secondary N) is 3. The van der Waals surface area contributed by atoms with Gasteiger partial charge in [-0.15, -0.1) is 0 Å². The molecule has 1 atom stereocenters. The molecular formula is C16H24N6O. The van der Waals surface area contributed by atoms with Crippen molar-refractivity contribution in [1.82, 2.24) is 30.4 Å². The number of aromatic amines is 1. The molecule has 2 aromatic heterocycles. The fraction of sp³-hybridized carbons (Fsp3) is 0.562. The normalized spacial score (nSPS) is 18.0. The number of aryl methyl sites for hydroxylation is 1. The van der Waals surface area contributed by atoms with E-state index in [1.54, 1.807) is 10.9 Å². The molecule has 0 unspecified atom stereocenters. The lowest BCUT2D eigenvalue weighted by Crippen LogP contribution is -2.30. The van der Waals surface area contributed by atoms with Crippen molar-refractivity contribution in [1.29, 1.82) is 0 Å². The first-order valence-electron chi connectivity index (χ1n) is 8.30. The first-order chi connectivity index (χ1) is 11.3. The minimum atomic E-state index is 0.000800. The predicted octanol–water partition coefficient (Wildman–Crippen LogP) is 0.822. The van der Waals surface area contributed by atoms with Crippen LogP contribution in [0.4, 0.5) is 0 Å². The number of aromatic nitrogens is 4. The number of hydrogen-bond acceptors (Lipinski definition) is 4. The van der Waals surface area contributed by atoms with Gasteiger partial charge < -0.3 is 15.6 Å². The van der Waals surface area contributed by atoms with E-state index in [0.717, 1.165) is 37.4 Å². The number of piperidine rings is 1. The molecule has 0 aromatic carbocycles. The minimum Gasteiger partial charge on any atom is -0.354 e. The molecule has 2 aromatic rings. The fourth-order valence-corrected chi connectivity index (χ4v) is 2.91. The zero-order valence-electron chi connectivity index (χ0n) is 13.3. The number of H-pyrrole nitrogens is 1. The molecule has 7 nitrogen and oxygen atoms in total. The maximum absolute atomic E-state index is 12.0. The Hall–Kier alpha value is -2.15. The van der Waals surface area contributed by atoms with Crippen LogP contribution in [0.5, 0.6) is 0 Å². The van der Waals surface area contributed by atoms with Crippen molar-refractivity contribution in [2.45, 2.75) is 38.1 Å². The number of imidazole rings is 1. The molecule has 0 aliphatic carbocycles. The van der Waals surface area contributed by atoms with Crippen molar-refractivity contribution >= 4 is 5.91 Å². The summed E-state index contributed by atoms with van der Waals surface area (Å²) in [5.74, 6) is 1.43. The Balaban J connectivity index is 1.38. The molecule has 23 heavy (non-hydrogen) atoms. The number of carbonyl (C=O) groups excluding carboxylic acids is 1. The summed E-state index contributed by atoms with van der Waals surface area (Å²) in [5, 5.41) is 10.9. The number of carbonyl (C=O) groups is 1. The Labute approximate surface area is 135 Å². The summed E-state index contributed by atoms with van der Waals surface area (Å²) in [6.07, 6.45) is 9.52. The number of rotatable bonds is 7. The second-order valence-corrected chi connectivity index (χ2v) is 5.97. The number of hydrogen-bond donors (Lipinski definition) is 3. The molecule has 3 heterocycles. The molecule has 1 aliphatic heterocycles. The van der Waals surface area contributed by atoms with E-state index in [9.17, 15) is 4.79 Å². The van der Waals surface area contributed by atoms with E-state index in [-0.39, 0.29) is 12.5 Å². The van der Waals surface area contributed by atoms with Gasteiger partial charge in [0.1, 0.15) is 12.4 Å². The lowest BCUT2D eigenvalue weighted by Gasteiger charge is -2.20. The summed E-state index contributed by atoms with van der Waals surface area (Å²) in [4.78, 5) is 19.2. The second kappa shape index (κ2) is 7.92. The highest BCUT2D eigenvalue weighted by Crippen LogP contribution is 2.21. The molecule has 7 heteroatoms. The van der Waals surface area contributed by atoms with Crippen LogP contribution in [0.25, 0.3) is 0 Å². The Morgan fingerprint density at radius 1 is 1.48 bits per heavy atom. The molecule has 1 amide bonds.